The SMILES string of the molecule is CCn1nc(CC(=O)N2CCCC[C@H]2CN2CCOCC2)c2ccccc2c1=O. The highest BCUT2D eigenvalue weighted by atomic mass is 16.5. The Hall–Kier alpha value is -2.25. The average Bonchev–Trinajstić information content (AvgIpc) is 2.77. The van der Waals surface area contributed by atoms with E-state index in [0.717, 1.165) is 57.6 Å². The molecule has 0 spiro atoms. The van der Waals surface area contributed by atoms with Crippen LogP contribution < -0.4 is 5.56 Å². The minimum Gasteiger partial charge on any atom is -0.379 e. The summed E-state index contributed by atoms with van der Waals surface area (Å²) in [6, 6.07) is 7.72. The maximum atomic E-state index is 13.3. The number of morpholine rings is 1. The Bertz CT molecular complexity index is 920. The summed E-state index contributed by atoms with van der Waals surface area (Å²) in [5.41, 5.74) is 0.602. The smallest absolute Gasteiger partial charge is 0.274 e. The highest BCUT2D eigenvalue weighted by Crippen LogP contribution is 2.21. The number of ether oxygens (including phenoxy) is 1. The van der Waals surface area contributed by atoms with Crippen LogP contribution in [0.2, 0.25) is 0 Å². The van der Waals surface area contributed by atoms with Crippen molar-refractivity contribution < 1.29 is 9.53 Å². The van der Waals surface area contributed by atoms with Crippen molar-refractivity contribution in [1.29, 1.82) is 0 Å². The molecule has 2 fully saturated rings. The van der Waals surface area contributed by atoms with Crippen LogP contribution >= 0.6 is 0 Å². The number of amides is 1. The number of benzene rings is 1. The molecule has 1 amide bonds. The standard InChI is InChI=1S/C22H30N4O3/c1-2-26-22(28)19-9-4-3-8-18(19)20(23-26)15-21(27)25-10-6-5-7-17(25)16-24-11-13-29-14-12-24/h3-4,8-9,17H,2,5-7,10-16H2,1H3/t17-/m0/s1. The number of rotatable bonds is 5. The molecule has 2 aliphatic heterocycles. The van der Waals surface area contributed by atoms with Crippen molar-refractivity contribution in [1.82, 2.24) is 19.6 Å². The van der Waals surface area contributed by atoms with Gasteiger partial charge in [0, 0.05) is 44.2 Å². The maximum absolute atomic E-state index is 13.3. The van der Waals surface area contributed by atoms with Gasteiger partial charge in [0.05, 0.1) is 30.7 Å². The van der Waals surface area contributed by atoms with Gasteiger partial charge in [-0.15, -0.1) is 0 Å². The molecule has 2 aromatic rings. The molecule has 7 heteroatoms. The number of aryl methyl sites for hydroxylation is 1. The molecule has 0 saturated carbocycles. The molecule has 1 aromatic carbocycles. The van der Waals surface area contributed by atoms with E-state index >= 15 is 0 Å². The fourth-order valence-corrected chi connectivity index (χ4v) is 4.50. The molecule has 0 aliphatic carbocycles. The van der Waals surface area contributed by atoms with Crippen molar-refractivity contribution in [2.45, 2.75) is 45.2 Å². The molecule has 1 atom stereocenters. The minimum atomic E-state index is -0.0949. The number of nitrogens with zero attached hydrogens (tertiary/aromatic N) is 4. The monoisotopic (exact) mass is 398 g/mol. The Labute approximate surface area is 171 Å². The van der Waals surface area contributed by atoms with Crippen molar-refractivity contribution in [3.8, 4) is 0 Å². The van der Waals surface area contributed by atoms with Gasteiger partial charge in [-0.3, -0.25) is 14.5 Å². The molecule has 0 bridgehead atoms. The molecule has 2 aliphatic rings. The Morgan fingerprint density at radius 2 is 1.90 bits per heavy atom. The maximum Gasteiger partial charge on any atom is 0.274 e. The number of piperidine rings is 1. The molecule has 29 heavy (non-hydrogen) atoms. The van der Waals surface area contributed by atoms with E-state index in [9.17, 15) is 9.59 Å². The summed E-state index contributed by atoms with van der Waals surface area (Å²) in [4.78, 5) is 30.3. The number of carbonyl (C=O) groups is 1. The van der Waals surface area contributed by atoms with E-state index in [2.05, 4.69) is 14.9 Å². The lowest BCUT2D eigenvalue weighted by molar-refractivity contribution is -0.135. The van der Waals surface area contributed by atoms with Crippen LogP contribution in [-0.4, -0.2) is 70.9 Å². The normalized spacial score (nSPS) is 20.9. The average molecular weight is 399 g/mol. The molecule has 0 radical (unpaired) electrons. The van der Waals surface area contributed by atoms with Crippen LogP contribution in [-0.2, 0) is 22.5 Å². The molecule has 156 valence electrons. The second-order valence-corrected chi connectivity index (χ2v) is 7.94. The summed E-state index contributed by atoms with van der Waals surface area (Å²) in [6.07, 6.45) is 3.50. The van der Waals surface area contributed by atoms with Gasteiger partial charge in [-0.25, -0.2) is 4.68 Å². The van der Waals surface area contributed by atoms with Crippen molar-refractivity contribution in [3.63, 3.8) is 0 Å². The quantitative estimate of drug-likeness (QED) is 0.767. The first kappa shape index (κ1) is 20.0. The fraction of sp³-hybridized carbons (Fsp3) is 0.591. The van der Waals surface area contributed by atoms with Crippen molar-refractivity contribution in [3.05, 3.63) is 40.3 Å². The van der Waals surface area contributed by atoms with Gasteiger partial charge in [0.15, 0.2) is 0 Å². The van der Waals surface area contributed by atoms with Crippen molar-refractivity contribution >= 4 is 16.7 Å². The first-order chi connectivity index (χ1) is 14.2. The third-order valence-electron chi connectivity index (χ3n) is 6.08. The first-order valence-corrected chi connectivity index (χ1v) is 10.8. The Balaban J connectivity index is 1.56. The van der Waals surface area contributed by atoms with Crippen LogP contribution in [0.1, 0.15) is 31.9 Å². The number of aromatic nitrogens is 2. The lowest BCUT2D eigenvalue weighted by Gasteiger charge is -2.39. The third kappa shape index (κ3) is 4.36. The topological polar surface area (TPSA) is 67.7 Å². The van der Waals surface area contributed by atoms with Crippen LogP contribution in [0.25, 0.3) is 10.8 Å². The molecule has 7 nitrogen and oxygen atoms in total. The van der Waals surface area contributed by atoms with Gasteiger partial charge in [-0.05, 0) is 32.3 Å². The van der Waals surface area contributed by atoms with Crippen molar-refractivity contribution in [2.75, 3.05) is 39.4 Å². The van der Waals surface area contributed by atoms with Crippen LogP contribution in [0.5, 0.6) is 0 Å². The van der Waals surface area contributed by atoms with E-state index in [-0.39, 0.29) is 23.9 Å². The predicted octanol–water partition coefficient (Wildman–Crippen LogP) is 1.67. The van der Waals surface area contributed by atoms with E-state index in [1.807, 2.05) is 31.2 Å². The molecular formula is C22H30N4O3. The van der Waals surface area contributed by atoms with Gasteiger partial charge in [-0.2, -0.15) is 5.10 Å². The molecule has 1 aromatic heterocycles. The summed E-state index contributed by atoms with van der Waals surface area (Å²) in [6.45, 7) is 7.53. The van der Waals surface area contributed by atoms with Gasteiger partial charge in [0.2, 0.25) is 5.91 Å². The first-order valence-electron chi connectivity index (χ1n) is 10.8. The number of hydrogen-bond acceptors (Lipinski definition) is 5. The molecule has 2 saturated heterocycles. The number of likely N-dealkylation sites (tertiary alicyclic amines) is 1. The highest BCUT2D eigenvalue weighted by Gasteiger charge is 2.29. The molecule has 0 N–H and O–H groups in total. The molecule has 3 heterocycles. The van der Waals surface area contributed by atoms with Crippen molar-refractivity contribution in [2.24, 2.45) is 0 Å². The number of hydrogen-bond donors (Lipinski definition) is 0. The zero-order valence-corrected chi connectivity index (χ0v) is 17.2. The lowest BCUT2D eigenvalue weighted by atomic mass is 10.00. The van der Waals surface area contributed by atoms with Gasteiger partial charge < -0.3 is 9.64 Å². The summed E-state index contributed by atoms with van der Waals surface area (Å²) in [7, 11) is 0. The third-order valence-corrected chi connectivity index (χ3v) is 6.08. The Morgan fingerprint density at radius 3 is 2.66 bits per heavy atom. The van der Waals surface area contributed by atoms with Crippen LogP contribution in [0.4, 0.5) is 0 Å². The Morgan fingerprint density at radius 1 is 1.14 bits per heavy atom. The van der Waals surface area contributed by atoms with Gasteiger partial charge in [0.1, 0.15) is 0 Å². The fourth-order valence-electron chi connectivity index (χ4n) is 4.50. The lowest BCUT2D eigenvalue weighted by Crippen LogP contribution is -2.51. The van der Waals surface area contributed by atoms with E-state index in [0.29, 0.717) is 17.6 Å². The minimum absolute atomic E-state index is 0.0949. The number of fused-ring (bicyclic) bond motifs is 1. The summed E-state index contributed by atoms with van der Waals surface area (Å²) in [5.74, 6) is 0.113. The van der Waals surface area contributed by atoms with E-state index in [4.69, 9.17) is 4.74 Å². The second kappa shape index (κ2) is 9.05. The largest absolute Gasteiger partial charge is 0.379 e. The molecule has 4 rings (SSSR count). The van der Waals surface area contributed by atoms with E-state index in [1.165, 1.54) is 11.1 Å². The van der Waals surface area contributed by atoms with E-state index < -0.39 is 0 Å². The summed E-state index contributed by atoms with van der Waals surface area (Å²) >= 11 is 0. The summed E-state index contributed by atoms with van der Waals surface area (Å²) < 4.78 is 6.92. The van der Waals surface area contributed by atoms with Gasteiger partial charge >= 0.3 is 0 Å². The highest BCUT2D eigenvalue weighted by molar-refractivity contribution is 5.88. The predicted molar refractivity (Wildman–Crippen MR) is 112 cm³/mol. The summed E-state index contributed by atoms with van der Waals surface area (Å²) in [5, 5.41) is 5.95. The Kier molecular flexibility index (Phi) is 6.25. The van der Waals surface area contributed by atoms with Gasteiger partial charge in [-0.1, -0.05) is 18.2 Å². The zero-order valence-electron chi connectivity index (χ0n) is 17.2. The van der Waals surface area contributed by atoms with Gasteiger partial charge in [0.25, 0.3) is 5.56 Å². The second-order valence-electron chi connectivity index (χ2n) is 7.94. The van der Waals surface area contributed by atoms with Crippen LogP contribution in [0.15, 0.2) is 29.1 Å². The van der Waals surface area contributed by atoms with Crippen LogP contribution in [0.3, 0.4) is 0 Å². The molecular weight excluding hydrogens is 368 g/mol. The zero-order chi connectivity index (χ0) is 20.2. The number of carbonyl (C=O) groups excluding carboxylic acids is 1. The van der Waals surface area contributed by atoms with Crippen LogP contribution in [0, 0.1) is 0 Å². The van der Waals surface area contributed by atoms with E-state index in [1.54, 1.807) is 0 Å². The molecule has 0 unspecified atom stereocenters.